The zero-order valence-electron chi connectivity index (χ0n) is 12.2. The van der Waals surface area contributed by atoms with Crippen molar-refractivity contribution in [2.24, 2.45) is 0 Å². The lowest BCUT2D eigenvalue weighted by Crippen LogP contribution is -2.18. The van der Waals surface area contributed by atoms with Crippen LogP contribution in [0.3, 0.4) is 0 Å². The highest BCUT2D eigenvalue weighted by Gasteiger charge is 2.04. The summed E-state index contributed by atoms with van der Waals surface area (Å²) < 4.78 is 14.5. The Morgan fingerprint density at radius 1 is 1.11 bits per heavy atom. The predicted octanol–water partition coefficient (Wildman–Crippen LogP) is 2.32. The van der Waals surface area contributed by atoms with Crippen molar-refractivity contribution in [2.75, 3.05) is 19.8 Å². The van der Waals surface area contributed by atoms with E-state index in [1.165, 1.54) is 13.8 Å². The van der Waals surface area contributed by atoms with Gasteiger partial charge in [0.15, 0.2) is 0 Å². The minimum atomic E-state index is -0.249. The SMILES string of the molecule is CCCCOCC(C)OC(C)=O.CCOC(C)=O. The second kappa shape index (κ2) is 14.0. The van der Waals surface area contributed by atoms with Gasteiger partial charge in [-0.1, -0.05) is 13.3 Å². The Hall–Kier alpha value is -1.10. The van der Waals surface area contributed by atoms with Crippen LogP contribution in [0.5, 0.6) is 0 Å². The van der Waals surface area contributed by atoms with Crippen LogP contribution in [0.1, 0.15) is 47.5 Å². The van der Waals surface area contributed by atoms with Gasteiger partial charge >= 0.3 is 11.9 Å². The first-order valence-corrected chi connectivity index (χ1v) is 6.32. The second-order valence-corrected chi connectivity index (χ2v) is 3.77. The Labute approximate surface area is 110 Å². The summed E-state index contributed by atoms with van der Waals surface area (Å²) in [4.78, 5) is 20.3. The van der Waals surface area contributed by atoms with Crippen molar-refractivity contribution in [3.8, 4) is 0 Å². The number of rotatable bonds is 7. The first-order chi connectivity index (χ1) is 8.43. The van der Waals surface area contributed by atoms with Gasteiger partial charge in [0.05, 0.1) is 13.2 Å². The van der Waals surface area contributed by atoms with E-state index in [1.807, 2.05) is 6.92 Å². The van der Waals surface area contributed by atoms with Crippen molar-refractivity contribution in [1.29, 1.82) is 0 Å². The Morgan fingerprint density at radius 3 is 2.06 bits per heavy atom. The first-order valence-electron chi connectivity index (χ1n) is 6.32. The maximum absolute atomic E-state index is 10.5. The lowest BCUT2D eigenvalue weighted by Gasteiger charge is -2.11. The summed E-state index contributed by atoms with van der Waals surface area (Å²) in [5.41, 5.74) is 0. The molecule has 5 heteroatoms. The van der Waals surface area contributed by atoms with Crippen molar-refractivity contribution in [2.45, 2.75) is 53.6 Å². The van der Waals surface area contributed by atoms with E-state index in [4.69, 9.17) is 9.47 Å². The Kier molecular flexibility index (Phi) is 14.9. The number of carbonyl (C=O) groups is 2. The fourth-order valence-electron chi connectivity index (χ4n) is 1.02. The number of ether oxygens (including phenoxy) is 3. The molecule has 0 amide bonds. The third-order valence-corrected chi connectivity index (χ3v) is 1.71. The third kappa shape index (κ3) is 20.3. The first kappa shape index (κ1) is 19.2. The molecule has 0 radical (unpaired) electrons. The molecule has 1 atom stereocenters. The van der Waals surface area contributed by atoms with Crippen molar-refractivity contribution in [3.05, 3.63) is 0 Å². The van der Waals surface area contributed by atoms with Gasteiger partial charge < -0.3 is 14.2 Å². The Morgan fingerprint density at radius 2 is 1.72 bits per heavy atom. The molecular weight excluding hydrogens is 236 g/mol. The summed E-state index contributed by atoms with van der Waals surface area (Å²) in [6, 6.07) is 0. The van der Waals surface area contributed by atoms with Crippen molar-refractivity contribution in [1.82, 2.24) is 0 Å². The summed E-state index contributed by atoms with van der Waals surface area (Å²) in [6.45, 7) is 10.2. The molecule has 0 saturated carbocycles. The molecule has 0 aliphatic heterocycles. The van der Waals surface area contributed by atoms with Crippen LogP contribution in [0.15, 0.2) is 0 Å². The van der Waals surface area contributed by atoms with Crippen LogP contribution in [0, 0.1) is 0 Å². The van der Waals surface area contributed by atoms with Crippen LogP contribution in [0.4, 0.5) is 0 Å². The summed E-state index contributed by atoms with van der Waals surface area (Å²) >= 11 is 0. The molecule has 18 heavy (non-hydrogen) atoms. The largest absolute Gasteiger partial charge is 0.466 e. The summed E-state index contributed by atoms with van der Waals surface area (Å²) in [5, 5.41) is 0. The number of hydrogen-bond donors (Lipinski definition) is 0. The van der Waals surface area contributed by atoms with Crippen LogP contribution in [-0.4, -0.2) is 37.9 Å². The molecule has 0 bridgehead atoms. The summed E-state index contributed by atoms with van der Waals surface area (Å²) in [7, 11) is 0. The quantitative estimate of drug-likeness (QED) is 0.520. The molecule has 0 saturated heterocycles. The van der Waals surface area contributed by atoms with Gasteiger partial charge in [0.2, 0.25) is 0 Å². The van der Waals surface area contributed by atoms with Gasteiger partial charge in [-0.25, -0.2) is 0 Å². The fourth-order valence-corrected chi connectivity index (χ4v) is 1.02. The van der Waals surface area contributed by atoms with Gasteiger partial charge in [-0.2, -0.15) is 0 Å². The van der Waals surface area contributed by atoms with Crippen LogP contribution in [0.25, 0.3) is 0 Å². The van der Waals surface area contributed by atoms with Crippen LogP contribution in [-0.2, 0) is 23.8 Å². The maximum Gasteiger partial charge on any atom is 0.302 e. The molecule has 0 aliphatic rings. The van der Waals surface area contributed by atoms with Crippen molar-refractivity contribution in [3.63, 3.8) is 0 Å². The van der Waals surface area contributed by atoms with Crippen molar-refractivity contribution >= 4 is 11.9 Å². The molecule has 5 nitrogen and oxygen atoms in total. The highest BCUT2D eigenvalue weighted by molar-refractivity contribution is 5.66. The molecule has 0 aromatic carbocycles. The number of esters is 2. The van der Waals surface area contributed by atoms with E-state index in [9.17, 15) is 9.59 Å². The van der Waals surface area contributed by atoms with Gasteiger partial charge in [-0.05, 0) is 20.3 Å². The average molecular weight is 262 g/mol. The molecule has 0 N–H and O–H groups in total. The number of hydrogen-bond acceptors (Lipinski definition) is 5. The van der Waals surface area contributed by atoms with Crippen molar-refractivity contribution < 1.29 is 23.8 Å². The lowest BCUT2D eigenvalue weighted by molar-refractivity contribution is -0.148. The molecule has 0 rings (SSSR count). The van der Waals surface area contributed by atoms with Crippen LogP contribution in [0.2, 0.25) is 0 Å². The van der Waals surface area contributed by atoms with Gasteiger partial charge in [-0.15, -0.1) is 0 Å². The zero-order valence-corrected chi connectivity index (χ0v) is 12.2. The van der Waals surface area contributed by atoms with Crippen LogP contribution < -0.4 is 0 Å². The van der Waals surface area contributed by atoms with E-state index < -0.39 is 0 Å². The minimum absolute atomic E-state index is 0.126. The monoisotopic (exact) mass is 262 g/mol. The standard InChI is InChI=1S/C9H18O3.C4H8O2/c1-4-5-6-11-7-8(2)12-9(3)10;1-3-6-4(2)5/h8H,4-7H2,1-3H3;3H2,1-2H3. The number of unbranched alkanes of at least 4 members (excludes halogenated alkanes) is 1. The zero-order chi connectivity index (χ0) is 14.4. The lowest BCUT2D eigenvalue weighted by atomic mass is 10.3. The smallest absolute Gasteiger partial charge is 0.302 e. The van der Waals surface area contributed by atoms with E-state index in [2.05, 4.69) is 11.7 Å². The van der Waals surface area contributed by atoms with Crippen LogP contribution >= 0.6 is 0 Å². The average Bonchev–Trinajstić information content (AvgIpc) is 2.24. The normalized spacial score (nSPS) is 10.9. The van der Waals surface area contributed by atoms with E-state index in [0.29, 0.717) is 13.2 Å². The predicted molar refractivity (Wildman–Crippen MR) is 69.3 cm³/mol. The Bertz CT molecular complexity index is 215. The number of carbonyl (C=O) groups excluding carboxylic acids is 2. The molecule has 0 heterocycles. The van der Waals surface area contributed by atoms with Gasteiger partial charge in [0.25, 0.3) is 0 Å². The topological polar surface area (TPSA) is 61.8 Å². The minimum Gasteiger partial charge on any atom is -0.466 e. The second-order valence-electron chi connectivity index (χ2n) is 3.77. The van der Waals surface area contributed by atoms with E-state index >= 15 is 0 Å². The fraction of sp³-hybridized carbons (Fsp3) is 0.846. The molecular formula is C13H26O5. The Balaban J connectivity index is 0. The molecule has 0 aromatic heterocycles. The third-order valence-electron chi connectivity index (χ3n) is 1.71. The van der Waals surface area contributed by atoms with E-state index in [-0.39, 0.29) is 18.0 Å². The molecule has 1 unspecified atom stereocenters. The molecule has 0 aliphatic carbocycles. The summed E-state index contributed by atoms with van der Waals surface area (Å²) in [6.07, 6.45) is 2.06. The van der Waals surface area contributed by atoms with E-state index in [0.717, 1.165) is 19.4 Å². The molecule has 0 fully saturated rings. The van der Waals surface area contributed by atoms with E-state index in [1.54, 1.807) is 6.92 Å². The van der Waals surface area contributed by atoms with Gasteiger partial charge in [0.1, 0.15) is 6.10 Å². The maximum atomic E-state index is 10.5. The molecule has 0 aromatic rings. The van der Waals surface area contributed by atoms with Gasteiger partial charge in [0, 0.05) is 20.5 Å². The molecule has 0 spiro atoms. The highest BCUT2D eigenvalue weighted by Crippen LogP contribution is 1.94. The van der Waals surface area contributed by atoms with Gasteiger partial charge in [-0.3, -0.25) is 9.59 Å². The summed E-state index contributed by atoms with van der Waals surface area (Å²) in [5.74, 6) is -0.459. The molecule has 108 valence electrons. The highest BCUT2D eigenvalue weighted by atomic mass is 16.6.